The van der Waals surface area contributed by atoms with Gasteiger partial charge in [-0.3, -0.25) is 34.5 Å². The van der Waals surface area contributed by atoms with E-state index in [2.05, 4.69) is 31.0 Å². The number of nitrogens with two attached hydrogens (primary N) is 1. The number of nitrogen functional groups attached to an aromatic ring is 1. The Kier molecular flexibility index (Phi) is 17.5. The summed E-state index contributed by atoms with van der Waals surface area (Å²) in [4.78, 5) is 24.4. The fourth-order valence-electron chi connectivity index (χ4n) is 6.17. The molecule has 0 radical (unpaired) electrons. The molecular formula is C38H28N9Na3O13S3+4. The number of carbonyl (C=O) groups excluding carboxylic acids is 2. The summed E-state index contributed by atoms with van der Waals surface area (Å²) < 4.78 is 102. The number of nitrogens with one attached hydrogen (secondary N) is 2. The van der Waals surface area contributed by atoms with Crippen molar-refractivity contribution in [3.05, 3.63) is 141 Å². The first-order chi connectivity index (χ1) is 29.6. The monoisotopic (exact) mass is 983 g/mol. The molecule has 0 saturated heterocycles. The van der Waals surface area contributed by atoms with Crippen LogP contribution in [0.2, 0.25) is 0 Å². The summed E-state index contributed by atoms with van der Waals surface area (Å²) in [7, 11) is -15.0. The van der Waals surface area contributed by atoms with Gasteiger partial charge in [0.15, 0.2) is 11.4 Å². The predicted molar refractivity (Wildman–Crippen MR) is 227 cm³/mol. The molecule has 0 fully saturated rings. The molecular weight excluding hydrogens is 956 g/mol. The Morgan fingerprint density at radius 2 is 1.27 bits per heavy atom. The van der Waals surface area contributed by atoms with Gasteiger partial charge in [0.05, 0.1) is 39.7 Å². The van der Waals surface area contributed by atoms with Gasteiger partial charge in [-0.1, -0.05) is 30.3 Å². The number of Topliss-reactive ketones (excluding diaryl/α,β-unsaturated/α-hetero) is 2. The van der Waals surface area contributed by atoms with Gasteiger partial charge in [0.2, 0.25) is 11.6 Å². The van der Waals surface area contributed by atoms with E-state index in [4.69, 9.17) is 21.6 Å². The smallest absolute Gasteiger partial charge is 0.396 e. The molecule has 4 aromatic rings. The molecule has 3 aliphatic rings. The quantitative estimate of drug-likeness (QED) is 0.0193. The van der Waals surface area contributed by atoms with Crippen LogP contribution in [0.15, 0.2) is 160 Å². The average Bonchev–Trinajstić information content (AvgIpc) is 3.22. The van der Waals surface area contributed by atoms with E-state index in [0.717, 1.165) is 18.2 Å². The van der Waals surface area contributed by atoms with Gasteiger partial charge in [0.1, 0.15) is 15.5 Å². The van der Waals surface area contributed by atoms with Crippen molar-refractivity contribution in [3.8, 4) is 11.1 Å². The molecule has 0 amide bonds. The number of allylic oxidation sites excluding steroid dienone is 7. The van der Waals surface area contributed by atoms with Crippen LogP contribution in [0.3, 0.4) is 0 Å². The maximum absolute atomic E-state index is 13.9. The van der Waals surface area contributed by atoms with Crippen LogP contribution in [-0.4, -0.2) is 68.5 Å². The average molecular weight is 984 g/mol. The van der Waals surface area contributed by atoms with Crippen molar-refractivity contribution < 1.29 is 148 Å². The Labute approximate surface area is 441 Å². The van der Waals surface area contributed by atoms with E-state index in [0.29, 0.717) is 11.1 Å². The summed E-state index contributed by atoms with van der Waals surface area (Å²) in [6, 6.07) is 18.2. The molecule has 0 atom stereocenters. The number of hydrazone groups is 1. The molecule has 4 aromatic carbocycles. The minimum atomic E-state index is -5.13. The number of hydrogen-bond donors (Lipinski definition) is 9. The zero-order valence-corrected chi connectivity index (χ0v) is 42.9. The Morgan fingerprint density at radius 3 is 1.82 bits per heavy atom. The van der Waals surface area contributed by atoms with Crippen LogP contribution >= 0.6 is 0 Å². The summed E-state index contributed by atoms with van der Waals surface area (Å²) in [6.07, 6.45) is 5.81. The summed E-state index contributed by atoms with van der Waals surface area (Å²) in [6.45, 7) is 0. The van der Waals surface area contributed by atoms with Crippen molar-refractivity contribution in [1.29, 1.82) is 5.41 Å². The van der Waals surface area contributed by atoms with E-state index in [1.165, 1.54) is 66.8 Å². The molecule has 0 bridgehead atoms. The standard InChI is InChI=1S/C38H27N9O13S3.3Na/c39-23-6-1-21-15-30(62(55,56)57)35(37(48)28(21)18-23)45-42-24-7-2-19(3-8-24)20-4-9-25(10-5-20)43-46-36-31(63(58,59)60)17-22-16-29(61(52,53)54)34(33(40)32(22)38(36)49)44-41-26-11-13-27(14-12-26)47(50)51;;;/h1-18,50-51H,(H7-,39,40,41,43,45,49,52,53,54,55,56,57,58,59,60);;;/q;3*+1/p+1. The Morgan fingerprint density at radius 1 is 0.712 bits per heavy atom. The fraction of sp³-hybridized carbons (Fsp3) is 0. The largest absolute Gasteiger partial charge is 1.00 e. The van der Waals surface area contributed by atoms with Gasteiger partial charge in [-0.15, -0.1) is 15.5 Å². The van der Waals surface area contributed by atoms with E-state index < -0.39 is 90.9 Å². The van der Waals surface area contributed by atoms with E-state index in [1.54, 1.807) is 24.3 Å². The summed E-state index contributed by atoms with van der Waals surface area (Å²) in [5, 5.41) is 45.4. The molecule has 0 aromatic heterocycles. The molecule has 320 valence electrons. The normalized spacial score (nSPS) is 15.6. The second kappa shape index (κ2) is 21.3. The number of rotatable bonds is 11. The maximum Gasteiger partial charge on any atom is 1.00 e. The summed E-state index contributed by atoms with van der Waals surface area (Å²) in [5.41, 5.74) is 7.04. The summed E-state index contributed by atoms with van der Waals surface area (Å²) in [5.74, 6) is -2.01. The van der Waals surface area contributed by atoms with Crippen molar-refractivity contribution >= 4 is 93.9 Å². The van der Waals surface area contributed by atoms with E-state index in [1.807, 2.05) is 0 Å². The third-order valence-corrected chi connectivity index (χ3v) is 11.8. The number of benzene rings is 4. The van der Waals surface area contributed by atoms with Gasteiger partial charge >= 0.3 is 99.2 Å². The number of carbonyl (C=O) groups is 2. The molecule has 0 saturated carbocycles. The van der Waals surface area contributed by atoms with Crippen LogP contribution in [0, 0.1) is 5.41 Å². The van der Waals surface area contributed by atoms with Gasteiger partial charge in [0, 0.05) is 11.6 Å². The minimum absolute atomic E-state index is 0. The molecule has 22 nitrogen and oxygen atoms in total. The minimum Gasteiger partial charge on any atom is -0.396 e. The first-order valence-corrected chi connectivity index (χ1v) is 21.8. The molecule has 66 heavy (non-hydrogen) atoms. The predicted octanol–water partition coefficient (Wildman–Crippen LogP) is -2.15. The van der Waals surface area contributed by atoms with Crippen molar-refractivity contribution in [2.45, 2.75) is 4.90 Å². The number of anilines is 3. The van der Waals surface area contributed by atoms with Crippen LogP contribution in [0.1, 0.15) is 15.9 Å². The molecule has 0 spiro atoms. The van der Waals surface area contributed by atoms with Crippen molar-refractivity contribution in [3.63, 3.8) is 0 Å². The maximum atomic E-state index is 13.9. The Hall–Kier alpha value is -4.33. The van der Waals surface area contributed by atoms with E-state index in [9.17, 15) is 48.8 Å². The van der Waals surface area contributed by atoms with Crippen molar-refractivity contribution in [2.75, 3.05) is 16.4 Å². The second-order valence-corrected chi connectivity index (χ2v) is 17.5. The van der Waals surface area contributed by atoms with Gasteiger partial charge in [-0.05, 0) is 99.3 Å². The molecule has 10 N–H and O–H groups in total. The topological polar surface area (TPSA) is 368 Å². The number of ketones is 2. The van der Waals surface area contributed by atoms with Gasteiger partial charge in [-0.25, -0.2) is 0 Å². The Balaban J connectivity index is 0.00000317. The van der Waals surface area contributed by atoms with Crippen molar-refractivity contribution in [2.24, 2.45) is 25.6 Å². The van der Waals surface area contributed by atoms with Gasteiger partial charge < -0.3 is 11.1 Å². The molecule has 28 heteroatoms. The molecule has 0 heterocycles. The number of azo groups is 2. The van der Waals surface area contributed by atoms with Gasteiger partial charge in [0.25, 0.3) is 25.1 Å². The van der Waals surface area contributed by atoms with E-state index >= 15 is 0 Å². The Bertz CT molecular complexity index is 3220. The number of fused-ring (bicyclic) bond motifs is 2. The first kappa shape index (κ1) is 54.3. The van der Waals surface area contributed by atoms with Crippen molar-refractivity contribution in [1.82, 2.24) is 0 Å². The number of hydrogen-bond acceptors (Lipinski definition) is 18. The van der Waals surface area contributed by atoms with Crippen LogP contribution in [-0.2, 0) is 39.7 Å². The van der Waals surface area contributed by atoms with Crippen LogP contribution < -0.4 is 105 Å². The zero-order valence-electron chi connectivity index (χ0n) is 34.4. The molecule has 0 aliphatic heterocycles. The third-order valence-electron chi connectivity index (χ3n) is 9.16. The molecule has 0 unspecified atom stereocenters. The number of nitrogens with zero attached hydrogens (tertiary/aromatic N) is 6. The SMILES string of the molecule is N=C1C=CC2=CC(S(=O)(=O)O)=C(N=Nc3ccc(-c4ccc(NN=C5C(=O)c6c(cc(S(=O)(=O)O)c(N=Nc7ccc(N(O)O)cc7)c6N)C=C5[S+](=O)(O)O)cc4)cc3)C(=O)C2=C1.[Na+].[Na+].[Na+]. The van der Waals surface area contributed by atoms with Crippen LogP contribution in [0.25, 0.3) is 17.2 Å². The van der Waals surface area contributed by atoms with Crippen LogP contribution in [0.4, 0.5) is 34.1 Å². The summed E-state index contributed by atoms with van der Waals surface area (Å²) >= 11 is 0. The zero-order chi connectivity index (χ0) is 45.6. The second-order valence-electron chi connectivity index (χ2n) is 13.3. The third kappa shape index (κ3) is 11.8. The fourth-order valence-corrected chi connectivity index (χ4v) is 8.16. The van der Waals surface area contributed by atoms with Gasteiger partial charge in [-0.2, -0.15) is 41.3 Å². The molecule has 7 rings (SSSR count). The first-order valence-electron chi connectivity index (χ1n) is 17.4. The van der Waals surface area contributed by atoms with Crippen LogP contribution in [0.5, 0.6) is 0 Å². The molecule has 3 aliphatic carbocycles. The van der Waals surface area contributed by atoms with E-state index in [-0.39, 0.29) is 134 Å².